The SMILES string of the molecule is OC1Oc2c3cccc2-c2nc(-c4ccccc4)nc(c21)CCCC3. The van der Waals surface area contributed by atoms with Gasteiger partial charge in [-0.1, -0.05) is 42.5 Å². The molecule has 0 saturated heterocycles. The first-order valence-electron chi connectivity index (χ1n) is 8.74. The van der Waals surface area contributed by atoms with E-state index in [-0.39, 0.29) is 0 Å². The van der Waals surface area contributed by atoms with E-state index in [9.17, 15) is 5.11 Å². The third-order valence-electron chi connectivity index (χ3n) is 4.99. The Morgan fingerprint density at radius 2 is 1.76 bits per heavy atom. The molecule has 2 aromatic carbocycles. The number of aliphatic hydroxyl groups is 1. The fourth-order valence-electron chi connectivity index (χ4n) is 3.77. The molecule has 1 atom stereocenters. The number of aliphatic hydroxyl groups excluding tert-OH is 1. The minimum Gasteiger partial charge on any atom is -0.460 e. The van der Waals surface area contributed by atoms with Gasteiger partial charge >= 0.3 is 0 Å². The Morgan fingerprint density at radius 3 is 2.64 bits per heavy atom. The summed E-state index contributed by atoms with van der Waals surface area (Å²) in [6, 6.07) is 16.2. The summed E-state index contributed by atoms with van der Waals surface area (Å²) in [5.74, 6) is 1.48. The highest BCUT2D eigenvalue weighted by Gasteiger charge is 2.32. The van der Waals surface area contributed by atoms with Gasteiger partial charge in [-0.3, -0.25) is 0 Å². The predicted molar refractivity (Wildman–Crippen MR) is 95.1 cm³/mol. The van der Waals surface area contributed by atoms with Crippen molar-refractivity contribution in [2.45, 2.75) is 32.0 Å². The van der Waals surface area contributed by atoms with Crippen LogP contribution in [0.15, 0.2) is 48.5 Å². The van der Waals surface area contributed by atoms with Gasteiger partial charge in [0.15, 0.2) is 5.82 Å². The van der Waals surface area contributed by atoms with Gasteiger partial charge in [0.05, 0.1) is 17.0 Å². The highest BCUT2D eigenvalue weighted by atomic mass is 16.6. The maximum Gasteiger partial charge on any atom is 0.228 e. The van der Waals surface area contributed by atoms with Crippen molar-refractivity contribution in [1.82, 2.24) is 9.97 Å². The van der Waals surface area contributed by atoms with Crippen LogP contribution >= 0.6 is 0 Å². The monoisotopic (exact) mass is 330 g/mol. The van der Waals surface area contributed by atoms with Crippen LogP contribution in [0, 0.1) is 0 Å². The summed E-state index contributed by atoms with van der Waals surface area (Å²) in [4.78, 5) is 9.62. The van der Waals surface area contributed by atoms with Gasteiger partial charge in [0.1, 0.15) is 5.75 Å². The van der Waals surface area contributed by atoms with Gasteiger partial charge in [-0.05, 0) is 37.3 Å². The molecular formula is C21H18N2O2. The van der Waals surface area contributed by atoms with Crippen molar-refractivity contribution in [3.8, 4) is 28.4 Å². The van der Waals surface area contributed by atoms with E-state index in [4.69, 9.17) is 14.7 Å². The summed E-state index contributed by atoms with van der Waals surface area (Å²) >= 11 is 0. The minimum absolute atomic E-state index is 0.709. The number of hydrogen-bond donors (Lipinski definition) is 1. The Bertz CT molecular complexity index is 954. The van der Waals surface area contributed by atoms with E-state index < -0.39 is 6.29 Å². The van der Waals surface area contributed by atoms with E-state index in [1.165, 1.54) is 0 Å². The number of aryl methyl sites for hydroxylation is 2. The largest absolute Gasteiger partial charge is 0.460 e. The molecule has 1 N–H and O–H groups in total. The normalized spacial score (nSPS) is 17.9. The number of ether oxygens (including phenoxy) is 1. The van der Waals surface area contributed by atoms with Gasteiger partial charge in [-0.2, -0.15) is 0 Å². The van der Waals surface area contributed by atoms with Crippen LogP contribution in [0.4, 0.5) is 0 Å². The van der Waals surface area contributed by atoms with Crippen LogP contribution in [0.25, 0.3) is 22.6 Å². The fraction of sp³-hybridized carbons (Fsp3) is 0.238. The Morgan fingerprint density at radius 1 is 0.920 bits per heavy atom. The van der Waals surface area contributed by atoms with Crippen LogP contribution < -0.4 is 4.74 Å². The molecule has 0 aliphatic carbocycles. The molecule has 25 heavy (non-hydrogen) atoms. The number of nitrogens with zero attached hydrogens (tertiary/aromatic N) is 2. The number of aromatic nitrogens is 2. The van der Waals surface area contributed by atoms with Crippen LogP contribution in [0.1, 0.15) is 36.0 Å². The average molecular weight is 330 g/mol. The van der Waals surface area contributed by atoms with Crippen LogP contribution in [0.5, 0.6) is 5.75 Å². The molecule has 4 heteroatoms. The van der Waals surface area contributed by atoms with E-state index in [0.29, 0.717) is 5.82 Å². The van der Waals surface area contributed by atoms with Crippen molar-refractivity contribution in [2.24, 2.45) is 0 Å². The van der Waals surface area contributed by atoms with E-state index in [2.05, 4.69) is 6.07 Å². The maximum atomic E-state index is 10.6. The van der Waals surface area contributed by atoms with E-state index in [0.717, 1.165) is 65.1 Å². The van der Waals surface area contributed by atoms with Crippen LogP contribution in [-0.4, -0.2) is 15.1 Å². The van der Waals surface area contributed by atoms with Gasteiger partial charge < -0.3 is 9.84 Å². The standard InChI is InChI=1S/C21H18N2O2/c24-21-17-16-12-5-4-7-13-10-6-11-15(19(13)25-21)18(17)23-20(22-16)14-8-2-1-3-9-14/h1-3,6,8-11,21,24H,4-5,7,12H2. The summed E-state index contributed by atoms with van der Waals surface area (Å²) in [6.07, 6.45) is 2.89. The molecular weight excluding hydrogens is 312 g/mol. The molecule has 4 nitrogen and oxygen atoms in total. The second kappa shape index (κ2) is 5.67. The lowest BCUT2D eigenvalue weighted by Gasteiger charge is -2.29. The quantitative estimate of drug-likeness (QED) is 0.731. The minimum atomic E-state index is -0.999. The molecule has 3 heterocycles. The van der Waals surface area contributed by atoms with Crippen LogP contribution in [-0.2, 0) is 12.8 Å². The summed E-state index contributed by atoms with van der Waals surface area (Å²) < 4.78 is 5.88. The Hall–Kier alpha value is -2.72. The van der Waals surface area contributed by atoms with Crippen molar-refractivity contribution in [3.63, 3.8) is 0 Å². The van der Waals surface area contributed by atoms with E-state index in [1.54, 1.807) is 0 Å². The van der Waals surface area contributed by atoms with Crippen LogP contribution in [0.3, 0.4) is 0 Å². The zero-order valence-corrected chi connectivity index (χ0v) is 13.8. The zero-order chi connectivity index (χ0) is 16.8. The number of fused-ring (bicyclic) bond motifs is 2. The summed E-state index contributed by atoms with van der Waals surface area (Å²) in [6.45, 7) is 0. The first kappa shape index (κ1) is 14.6. The third kappa shape index (κ3) is 2.33. The molecule has 2 aliphatic rings. The molecule has 2 aliphatic heterocycles. The highest BCUT2D eigenvalue weighted by Crippen LogP contribution is 2.45. The number of benzene rings is 2. The number of hydrogen-bond acceptors (Lipinski definition) is 4. The van der Waals surface area contributed by atoms with Crippen molar-refractivity contribution in [3.05, 3.63) is 65.4 Å². The molecule has 0 spiro atoms. The Labute approximate surface area is 146 Å². The predicted octanol–water partition coefficient (Wildman–Crippen LogP) is 4.07. The lowest BCUT2D eigenvalue weighted by atomic mass is 9.92. The molecule has 2 bridgehead atoms. The van der Waals surface area contributed by atoms with Crippen LogP contribution in [0.2, 0.25) is 0 Å². The molecule has 0 amide bonds. The van der Waals surface area contributed by atoms with Crippen molar-refractivity contribution in [1.29, 1.82) is 0 Å². The second-order valence-electron chi connectivity index (χ2n) is 6.59. The van der Waals surface area contributed by atoms with Crippen molar-refractivity contribution < 1.29 is 9.84 Å². The summed E-state index contributed by atoms with van der Waals surface area (Å²) in [5.41, 5.74) is 5.52. The zero-order valence-electron chi connectivity index (χ0n) is 13.8. The molecule has 0 fully saturated rings. The first-order chi connectivity index (χ1) is 12.3. The second-order valence-corrected chi connectivity index (χ2v) is 6.59. The van der Waals surface area contributed by atoms with Gasteiger partial charge in [0.2, 0.25) is 6.29 Å². The maximum absolute atomic E-state index is 10.6. The smallest absolute Gasteiger partial charge is 0.228 e. The average Bonchev–Trinajstić information content (AvgIpc) is 2.65. The molecule has 1 aromatic heterocycles. The Kier molecular flexibility index (Phi) is 3.31. The fourth-order valence-corrected chi connectivity index (χ4v) is 3.77. The third-order valence-corrected chi connectivity index (χ3v) is 4.99. The molecule has 3 aromatic rings. The first-order valence-corrected chi connectivity index (χ1v) is 8.74. The lowest BCUT2D eigenvalue weighted by molar-refractivity contribution is -0.0235. The summed E-state index contributed by atoms with van der Waals surface area (Å²) in [7, 11) is 0. The topological polar surface area (TPSA) is 55.2 Å². The number of rotatable bonds is 1. The molecule has 1 unspecified atom stereocenters. The van der Waals surface area contributed by atoms with Crippen molar-refractivity contribution in [2.75, 3.05) is 0 Å². The molecule has 0 radical (unpaired) electrons. The Balaban J connectivity index is 1.82. The van der Waals surface area contributed by atoms with Gasteiger partial charge in [0, 0.05) is 11.1 Å². The lowest BCUT2D eigenvalue weighted by Crippen LogP contribution is -2.20. The summed E-state index contributed by atoms with van der Waals surface area (Å²) in [5, 5.41) is 10.6. The van der Waals surface area contributed by atoms with E-state index in [1.807, 2.05) is 42.5 Å². The molecule has 5 rings (SSSR count). The molecule has 124 valence electrons. The number of para-hydroxylation sites is 1. The van der Waals surface area contributed by atoms with Gasteiger partial charge in [-0.15, -0.1) is 0 Å². The highest BCUT2D eigenvalue weighted by molar-refractivity contribution is 5.76. The van der Waals surface area contributed by atoms with Gasteiger partial charge in [-0.25, -0.2) is 9.97 Å². The molecule has 0 saturated carbocycles. The van der Waals surface area contributed by atoms with Gasteiger partial charge in [0.25, 0.3) is 0 Å². The van der Waals surface area contributed by atoms with Crippen molar-refractivity contribution >= 4 is 0 Å². The van der Waals surface area contributed by atoms with E-state index >= 15 is 0 Å².